The Balaban J connectivity index is 1.31. The molecule has 2 aliphatic rings. The summed E-state index contributed by atoms with van der Waals surface area (Å²) >= 11 is 0. The second-order valence-electron chi connectivity index (χ2n) is 9.00. The number of likely N-dealkylation sites (N-methyl/N-ethyl adjacent to an activating group) is 1. The summed E-state index contributed by atoms with van der Waals surface area (Å²) in [7, 11) is 1.91. The Bertz CT molecular complexity index is 1360. The van der Waals surface area contributed by atoms with Crippen molar-refractivity contribution in [2.24, 2.45) is 5.10 Å². The van der Waals surface area contributed by atoms with E-state index in [0.717, 1.165) is 29.8 Å². The number of hydrogen-bond donors (Lipinski definition) is 1. The number of aliphatic hydroxyl groups excluding tert-OH is 1. The molecule has 2 aliphatic heterocycles. The molecule has 0 saturated heterocycles. The number of amides is 1. The monoisotopic (exact) mass is 514 g/mol. The van der Waals surface area contributed by atoms with E-state index in [-0.39, 0.29) is 23.3 Å². The lowest BCUT2D eigenvalue weighted by molar-refractivity contribution is -0.206. The minimum Gasteiger partial charge on any atom is -0.435 e. The largest absolute Gasteiger partial charge is 0.435 e. The van der Waals surface area contributed by atoms with E-state index in [0.29, 0.717) is 24.7 Å². The fourth-order valence-electron chi connectivity index (χ4n) is 4.40. The molecule has 0 bridgehead atoms. The van der Waals surface area contributed by atoms with Gasteiger partial charge in [0.2, 0.25) is 5.88 Å². The average Bonchev–Trinajstić information content (AvgIpc) is 3.43. The molecule has 11 heteroatoms. The van der Waals surface area contributed by atoms with Crippen LogP contribution in [0.3, 0.4) is 0 Å². The highest BCUT2D eigenvalue weighted by molar-refractivity contribution is 6.00. The van der Waals surface area contributed by atoms with E-state index in [9.17, 15) is 27.5 Å². The summed E-state index contributed by atoms with van der Waals surface area (Å²) in [6, 6.07) is 12.0. The van der Waals surface area contributed by atoms with Crippen molar-refractivity contribution in [2.75, 3.05) is 13.6 Å². The summed E-state index contributed by atoms with van der Waals surface area (Å²) in [5.41, 5.74) is 2.20. The number of nitrogens with zero attached hydrogens (tertiary/aromatic N) is 4. The van der Waals surface area contributed by atoms with Gasteiger partial charge < -0.3 is 14.7 Å². The smallest absolute Gasteiger partial charge is 0.418 e. The van der Waals surface area contributed by atoms with Gasteiger partial charge in [-0.3, -0.25) is 9.80 Å². The van der Waals surface area contributed by atoms with E-state index in [1.54, 1.807) is 11.0 Å². The number of alkyl halides is 3. The van der Waals surface area contributed by atoms with Crippen molar-refractivity contribution in [1.29, 1.82) is 0 Å². The number of hydrogen-bond acceptors (Lipinski definition) is 6. The number of carbonyl (C=O) groups excluding carboxylic acids is 1. The number of pyridine rings is 1. The second kappa shape index (κ2) is 9.47. The van der Waals surface area contributed by atoms with Crippen molar-refractivity contribution in [1.82, 2.24) is 14.9 Å². The van der Waals surface area contributed by atoms with Crippen LogP contribution in [0.2, 0.25) is 0 Å². The molecule has 0 aliphatic carbocycles. The Hall–Kier alpha value is -3.99. The van der Waals surface area contributed by atoms with Crippen LogP contribution in [0.5, 0.6) is 11.6 Å². The van der Waals surface area contributed by atoms with Crippen molar-refractivity contribution >= 4 is 12.1 Å². The summed E-state index contributed by atoms with van der Waals surface area (Å²) in [6.07, 6.45) is -4.45. The number of hydrazone groups is 1. The molecular formula is C26H22F4N4O3. The average molecular weight is 514 g/mol. The Morgan fingerprint density at radius 1 is 1.16 bits per heavy atom. The van der Waals surface area contributed by atoms with Crippen LogP contribution >= 0.6 is 0 Å². The first-order chi connectivity index (χ1) is 17.6. The topological polar surface area (TPSA) is 78.3 Å². The molecule has 37 heavy (non-hydrogen) atoms. The molecule has 0 spiro atoms. The van der Waals surface area contributed by atoms with Crippen molar-refractivity contribution in [3.05, 3.63) is 88.4 Å². The molecule has 3 aromatic rings. The number of halogens is 4. The number of benzene rings is 2. The standard InChI is InChI=1S/C26H22F4N4O3/c1-33-13-19(11-32-33)16-4-2-15(3-5-16)12-34-14-18-8-9-31-24(22(18)25(34)36)37-21-7-6-17(10-20(21)27)23(35)26(28,29)30/h2-11,19,23,35H,12-14H2,1H3. The lowest BCUT2D eigenvalue weighted by Crippen LogP contribution is -2.23. The molecule has 7 nitrogen and oxygen atoms in total. The number of ether oxygens (including phenoxy) is 1. The molecule has 0 saturated carbocycles. The second-order valence-corrected chi connectivity index (χ2v) is 9.00. The number of fused-ring (bicyclic) bond motifs is 1. The van der Waals surface area contributed by atoms with Gasteiger partial charge in [-0.1, -0.05) is 30.3 Å². The van der Waals surface area contributed by atoms with Gasteiger partial charge in [0, 0.05) is 45.0 Å². The zero-order chi connectivity index (χ0) is 26.3. The maximum Gasteiger partial charge on any atom is 0.418 e. The van der Waals surface area contributed by atoms with Crippen LogP contribution in [0.1, 0.15) is 44.6 Å². The van der Waals surface area contributed by atoms with Gasteiger partial charge in [0.25, 0.3) is 5.91 Å². The summed E-state index contributed by atoms with van der Waals surface area (Å²) < 4.78 is 58.3. The van der Waals surface area contributed by atoms with E-state index in [4.69, 9.17) is 4.74 Å². The van der Waals surface area contributed by atoms with Crippen LogP contribution in [-0.4, -0.2) is 51.9 Å². The summed E-state index contributed by atoms with van der Waals surface area (Å²) in [5.74, 6) is -1.82. The van der Waals surface area contributed by atoms with E-state index in [1.165, 1.54) is 6.20 Å². The third-order valence-corrected chi connectivity index (χ3v) is 6.34. The highest BCUT2D eigenvalue weighted by Gasteiger charge is 2.40. The third-order valence-electron chi connectivity index (χ3n) is 6.34. The maximum absolute atomic E-state index is 14.5. The summed E-state index contributed by atoms with van der Waals surface area (Å²) in [4.78, 5) is 18.9. The first-order valence-electron chi connectivity index (χ1n) is 11.4. The van der Waals surface area contributed by atoms with Gasteiger partial charge in [-0.05, 0) is 40.5 Å². The fourth-order valence-corrected chi connectivity index (χ4v) is 4.40. The predicted molar refractivity (Wildman–Crippen MR) is 126 cm³/mol. The molecule has 0 fully saturated rings. The maximum atomic E-state index is 14.5. The minimum absolute atomic E-state index is 0.145. The highest BCUT2D eigenvalue weighted by atomic mass is 19.4. The lowest BCUT2D eigenvalue weighted by Gasteiger charge is -2.17. The highest BCUT2D eigenvalue weighted by Crippen LogP contribution is 2.37. The van der Waals surface area contributed by atoms with Crippen LogP contribution in [0, 0.1) is 5.82 Å². The molecule has 2 aromatic carbocycles. The molecule has 192 valence electrons. The van der Waals surface area contributed by atoms with E-state index in [2.05, 4.69) is 10.1 Å². The normalized spacial score (nSPS) is 17.9. The number of carbonyl (C=O) groups is 1. The van der Waals surface area contributed by atoms with Crippen LogP contribution in [-0.2, 0) is 13.1 Å². The molecule has 5 rings (SSSR count). The Labute approximate surface area is 209 Å². The molecule has 2 unspecified atom stereocenters. The quantitative estimate of drug-likeness (QED) is 0.479. The molecule has 1 amide bonds. The fraction of sp³-hybridized carbons (Fsp3) is 0.269. The number of rotatable bonds is 6. The van der Waals surface area contributed by atoms with Gasteiger partial charge in [0.15, 0.2) is 17.7 Å². The van der Waals surface area contributed by atoms with E-state index in [1.807, 2.05) is 42.5 Å². The van der Waals surface area contributed by atoms with Crippen LogP contribution in [0.4, 0.5) is 17.6 Å². The molecule has 1 aromatic heterocycles. The Morgan fingerprint density at radius 3 is 2.57 bits per heavy atom. The molecule has 1 N–H and O–H groups in total. The summed E-state index contributed by atoms with van der Waals surface area (Å²) in [6.45, 7) is 1.44. The zero-order valence-electron chi connectivity index (χ0n) is 19.6. The minimum atomic E-state index is -4.94. The van der Waals surface area contributed by atoms with Crippen LogP contribution in [0.25, 0.3) is 0 Å². The third kappa shape index (κ3) is 4.99. The van der Waals surface area contributed by atoms with Crippen molar-refractivity contribution in [3.63, 3.8) is 0 Å². The molecule has 0 radical (unpaired) electrons. The van der Waals surface area contributed by atoms with Gasteiger partial charge in [0.05, 0.1) is 0 Å². The lowest BCUT2D eigenvalue weighted by atomic mass is 9.99. The Morgan fingerprint density at radius 2 is 1.92 bits per heavy atom. The Kier molecular flexibility index (Phi) is 6.32. The summed E-state index contributed by atoms with van der Waals surface area (Å²) in [5, 5.41) is 15.5. The van der Waals surface area contributed by atoms with Gasteiger partial charge in [-0.25, -0.2) is 9.37 Å². The van der Waals surface area contributed by atoms with E-state index >= 15 is 0 Å². The molecule has 2 atom stereocenters. The van der Waals surface area contributed by atoms with Gasteiger partial charge in [-0.2, -0.15) is 18.3 Å². The first kappa shape index (κ1) is 24.7. The zero-order valence-corrected chi connectivity index (χ0v) is 19.6. The van der Waals surface area contributed by atoms with Gasteiger partial charge >= 0.3 is 6.18 Å². The van der Waals surface area contributed by atoms with Crippen molar-refractivity contribution < 1.29 is 32.2 Å². The van der Waals surface area contributed by atoms with Gasteiger partial charge in [0.1, 0.15) is 5.56 Å². The predicted octanol–water partition coefficient (Wildman–Crippen LogP) is 4.78. The van der Waals surface area contributed by atoms with E-state index < -0.39 is 29.4 Å². The first-order valence-corrected chi connectivity index (χ1v) is 11.4. The number of aromatic nitrogens is 1. The van der Waals surface area contributed by atoms with Crippen molar-refractivity contribution in [3.8, 4) is 11.6 Å². The van der Waals surface area contributed by atoms with Gasteiger partial charge in [-0.15, -0.1) is 0 Å². The number of aliphatic hydroxyl groups is 1. The van der Waals surface area contributed by atoms with Crippen molar-refractivity contribution in [2.45, 2.75) is 31.3 Å². The molecule has 3 heterocycles. The molecular weight excluding hydrogens is 492 g/mol. The van der Waals surface area contributed by atoms with Crippen LogP contribution in [0.15, 0.2) is 59.8 Å². The van der Waals surface area contributed by atoms with Crippen LogP contribution < -0.4 is 4.74 Å². The SMILES string of the molecule is CN1CC(c2ccc(CN3Cc4ccnc(Oc5ccc(C(O)C(F)(F)F)cc5F)c4C3=O)cc2)C=N1.